The molecule has 0 N–H and O–H groups in total. The average molecular weight is 307 g/mol. The van der Waals surface area contributed by atoms with Crippen LogP contribution < -0.4 is 4.74 Å². The highest BCUT2D eigenvalue weighted by atomic mass is 19.1. The first-order valence-corrected chi connectivity index (χ1v) is 8.28. The van der Waals surface area contributed by atoms with Crippen LogP contribution in [-0.2, 0) is 4.79 Å². The fourth-order valence-corrected chi connectivity index (χ4v) is 2.97. The highest BCUT2D eigenvalue weighted by Gasteiger charge is 2.16. The molecule has 0 heterocycles. The maximum atomic E-state index is 13.4. The van der Waals surface area contributed by atoms with Crippen molar-refractivity contribution in [2.75, 3.05) is 20.2 Å². The highest BCUT2D eigenvalue weighted by Crippen LogP contribution is 2.27. The van der Waals surface area contributed by atoms with Gasteiger partial charge in [-0.05, 0) is 24.5 Å². The smallest absolute Gasteiger partial charge is 0.222 e. The molecule has 0 bridgehead atoms. The van der Waals surface area contributed by atoms with E-state index in [4.69, 9.17) is 4.74 Å². The molecule has 1 aliphatic carbocycles. The Balaban J connectivity index is 1.64. The van der Waals surface area contributed by atoms with E-state index in [1.165, 1.54) is 38.2 Å². The number of halogens is 1. The van der Waals surface area contributed by atoms with Gasteiger partial charge in [0.05, 0.1) is 6.54 Å². The van der Waals surface area contributed by atoms with E-state index in [0.29, 0.717) is 19.6 Å². The van der Waals surface area contributed by atoms with Gasteiger partial charge in [0, 0.05) is 13.5 Å². The monoisotopic (exact) mass is 307 g/mol. The quantitative estimate of drug-likeness (QED) is 0.761. The molecular formula is C18H26FNO2. The van der Waals surface area contributed by atoms with Gasteiger partial charge in [0.2, 0.25) is 5.91 Å². The third kappa shape index (κ3) is 5.32. The number of nitrogens with zero attached hydrogens (tertiary/aromatic N) is 1. The van der Waals surface area contributed by atoms with Crippen molar-refractivity contribution in [3.8, 4) is 5.75 Å². The van der Waals surface area contributed by atoms with Crippen molar-refractivity contribution < 1.29 is 13.9 Å². The largest absolute Gasteiger partial charge is 0.489 e. The number of hydrogen-bond donors (Lipinski definition) is 0. The molecule has 0 unspecified atom stereocenters. The Bertz CT molecular complexity index is 472. The number of hydrogen-bond acceptors (Lipinski definition) is 2. The second-order valence-corrected chi connectivity index (χ2v) is 6.14. The number of ether oxygens (including phenoxy) is 1. The van der Waals surface area contributed by atoms with E-state index in [1.54, 1.807) is 30.1 Å². The number of benzene rings is 1. The summed E-state index contributed by atoms with van der Waals surface area (Å²) in [6, 6.07) is 6.33. The van der Waals surface area contributed by atoms with Crippen molar-refractivity contribution in [3.63, 3.8) is 0 Å². The van der Waals surface area contributed by atoms with Crippen LogP contribution in [0.1, 0.15) is 44.9 Å². The molecule has 2 rings (SSSR count). The molecule has 0 aliphatic heterocycles. The Hall–Kier alpha value is -1.58. The molecule has 3 nitrogen and oxygen atoms in total. The molecule has 0 saturated heterocycles. The summed E-state index contributed by atoms with van der Waals surface area (Å²) < 4.78 is 18.8. The maximum absolute atomic E-state index is 13.4. The van der Waals surface area contributed by atoms with Gasteiger partial charge in [-0.3, -0.25) is 4.79 Å². The summed E-state index contributed by atoms with van der Waals surface area (Å²) in [5, 5.41) is 0. The number of carbonyl (C=O) groups is 1. The first kappa shape index (κ1) is 16.8. The van der Waals surface area contributed by atoms with Crippen LogP contribution in [0, 0.1) is 11.7 Å². The van der Waals surface area contributed by atoms with Crippen LogP contribution in [-0.4, -0.2) is 31.0 Å². The van der Waals surface area contributed by atoms with E-state index in [-0.39, 0.29) is 17.5 Å². The van der Waals surface area contributed by atoms with Crippen molar-refractivity contribution in [3.05, 3.63) is 30.1 Å². The molecular weight excluding hydrogens is 281 g/mol. The zero-order valence-electron chi connectivity index (χ0n) is 13.4. The summed E-state index contributed by atoms with van der Waals surface area (Å²) in [5.74, 6) is 0.753. The molecule has 1 fully saturated rings. The molecule has 122 valence electrons. The normalized spacial score (nSPS) is 15.5. The van der Waals surface area contributed by atoms with Crippen LogP contribution in [0.5, 0.6) is 5.75 Å². The van der Waals surface area contributed by atoms with E-state index in [0.717, 1.165) is 12.3 Å². The van der Waals surface area contributed by atoms with Gasteiger partial charge in [-0.15, -0.1) is 0 Å². The second kappa shape index (κ2) is 8.76. The molecule has 1 saturated carbocycles. The van der Waals surface area contributed by atoms with E-state index in [1.807, 2.05) is 0 Å². The summed E-state index contributed by atoms with van der Waals surface area (Å²) in [6.45, 7) is 0.796. The number of amides is 1. The van der Waals surface area contributed by atoms with Crippen molar-refractivity contribution in [1.29, 1.82) is 0 Å². The second-order valence-electron chi connectivity index (χ2n) is 6.14. The van der Waals surface area contributed by atoms with Gasteiger partial charge in [-0.1, -0.05) is 44.2 Å². The minimum absolute atomic E-state index is 0.155. The van der Waals surface area contributed by atoms with Crippen molar-refractivity contribution in [2.24, 2.45) is 5.92 Å². The van der Waals surface area contributed by atoms with E-state index in [2.05, 4.69) is 0 Å². The fraction of sp³-hybridized carbons (Fsp3) is 0.611. The van der Waals surface area contributed by atoms with Crippen LogP contribution in [0.2, 0.25) is 0 Å². The van der Waals surface area contributed by atoms with E-state index < -0.39 is 0 Å². The van der Waals surface area contributed by atoms with Crippen molar-refractivity contribution in [2.45, 2.75) is 44.9 Å². The molecule has 1 aliphatic rings. The van der Waals surface area contributed by atoms with Gasteiger partial charge >= 0.3 is 0 Å². The summed E-state index contributed by atoms with van der Waals surface area (Å²) >= 11 is 0. The number of para-hydroxylation sites is 1. The predicted octanol–water partition coefficient (Wildman–Crippen LogP) is 4.02. The lowest BCUT2D eigenvalue weighted by Gasteiger charge is -2.23. The highest BCUT2D eigenvalue weighted by molar-refractivity contribution is 5.75. The molecule has 0 aromatic heterocycles. The Kier molecular flexibility index (Phi) is 6.69. The average Bonchev–Trinajstić information content (AvgIpc) is 2.55. The number of rotatable bonds is 7. The lowest BCUT2D eigenvalue weighted by Crippen LogP contribution is -2.31. The van der Waals surface area contributed by atoms with Crippen molar-refractivity contribution in [1.82, 2.24) is 4.90 Å². The Morgan fingerprint density at radius 2 is 2.00 bits per heavy atom. The maximum Gasteiger partial charge on any atom is 0.222 e. The Morgan fingerprint density at radius 1 is 1.27 bits per heavy atom. The summed E-state index contributed by atoms with van der Waals surface area (Å²) in [7, 11) is 1.79. The minimum Gasteiger partial charge on any atom is -0.489 e. The van der Waals surface area contributed by atoms with Gasteiger partial charge in [-0.2, -0.15) is 0 Å². The zero-order chi connectivity index (χ0) is 15.8. The molecule has 1 amide bonds. The van der Waals surface area contributed by atoms with Crippen LogP contribution in [0.3, 0.4) is 0 Å². The van der Waals surface area contributed by atoms with E-state index in [9.17, 15) is 9.18 Å². The van der Waals surface area contributed by atoms with Gasteiger partial charge in [0.25, 0.3) is 0 Å². The molecule has 1 aromatic rings. The SMILES string of the molecule is CN(CCOc1ccccc1F)C(=O)CCC1CCCCC1. The lowest BCUT2D eigenvalue weighted by molar-refractivity contribution is -0.130. The molecule has 0 radical (unpaired) electrons. The van der Waals surface area contributed by atoms with Crippen LogP contribution in [0.15, 0.2) is 24.3 Å². The topological polar surface area (TPSA) is 29.5 Å². The Labute approximate surface area is 132 Å². The van der Waals surface area contributed by atoms with Gasteiger partial charge in [0.1, 0.15) is 6.61 Å². The molecule has 4 heteroatoms. The third-order valence-corrected chi connectivity index (χ3v) is 4.44. The fourth-order valence-electron chi connectivity index (χ4n) is 2.97. The third-order valence-electron chi connectivity index (χ3n) is 4.44. The van der Waals surface area contributed by atoms with Crippen LogP contribution in [0.25, 0.3) is 0 Å². The summed E-state index contributed by atoms with van der Waals surface area (Å²) in [5.41, 5.74) is 0. The van der Waals surface area contributed by atoms with Gasteiger partial charge < -0.3 is 9.64 Å². The number of likely N-dealkylation sites (N-methyl/N-ethyl adjacent to an activating group) is 1. The summed E-state index contributed by atoms with van der Waals surface area (Å²) in [6.07, 6.45) is 8.12. The summed E-state index contributed by atoms with van der Waals surface area (Å²) in [4.78, 5) is 13.8. The molecule has 0 atom stereocenters. The molecule has 1 aromatic carbocycles. The molecule has 22 heavy (non-hydrogen) atoms. The zero-order valence-corrected chi connectivity index (χ0v) is 13.4. The van der Waals surface area contributed by atoms with Crippen LogP contribution in [0.4, 0.5) is 4.39 Å². The van der Waals surface area contributed by atoms with Gasteiger partial charge in [-0.25, -0.2) is 4.39 Å². The lowest BCUT2D eigenvalue weighted by atomic mass is 9.86. The minimum atomic E-state index is -0.367. The van der Waals surface area contributed by atoms with Gasteiger partial charge in [0.15, 0.2) is 11.6 Å². The van der Waals surface area contributed by atoms with E-state index >= 15 is 0 Å². The standard InChI is InChI=1S/C18H26FNO2/c1-20(13-14-22-17-10-6-5-9-16(17)19)18(21)12-11-15-7-3-2-4-8-15/h5-6,9-10,15H,2-4,7-8,11-14H2,1H3. The predicted molar refractivity (Wildman–Crippen MR) is 85.3 cm³/mol. The number of carbonyl (C=O) groups excluding carboxylic acids is 1. The molecule has 0 spiro atoms. The van der Waals surface area contributed by atoms with Crippen molar-refractivity contribution >= 4 is 5.91 Å². The van der Waals surface area contributed by atoms with Crippen LogP contribution >= 0.6 is 0 Å². The Morgan fingerprint density at radius 3 is 2.73 bits per heavy atom. The first-order chi connectivity index (χ1) is 10.7. The first-order valence-electron chi connectivity index (χ1n) is 8.28.